The maximum Gasteiger partial charge on any atom is 0.227 e. The van der Waals surface area contributed by atoms with Crippen molar-refractivity contribution >= 4 is 16.8 Å². The second-order valence-corrected chi connectivity index (χ2v) is 5.19. The van der Waals surface area contributed by atoms with Crippen LogP contribution in [0.25, 0.3) is 10.9 Å². The van der Waals surface area contributed by atoms with E-state index in [-0.39, 0.29) is 5.91 Å². The van der Waals surface area contributed by atoms with Gasteiger partial charge >= 0.3 is 0 Å². The molecule has 3 rings (SSSR count). The third kappa shape index (κ3) is 2.36. The van der Waals surface area contributed by atoms with Crippen molar-refractivity contribution in [1.82, 2.24) is 15.2 Å². The van der Waals surface area contributed by atoms with Gasteiger partial charge in [-0.05, 0) is 24.6 Å². The molecule has 1 unspecified atom stereocenters. The molecule has 1 aromatic carbocycles. The molecule has 1 fully saturated rings. The molecule has 4 heteroatoms. The number of rotatable bonds is 3. The third-order valence-electron chi connectivity index (χ3n) is 3.99. The summed E-state index contributed by atoms with van der Waals surface area (Å²) in [6.07, 6.45) is 3.47. The minimum absolute atomic E-state index is 0.193. The summed E-state index contributed by atoms with van der Waals surface area (Å²) >= 11 is 0. The smallest absolute Gasteiger partial charge is 0.227 e. The Kier molecular flexibility index (Phi) is 3.25. The van der Waals surface area contributed by atoms with Gasteiger partial charge in [0.05, 0.1) is 6.42 Å². The van der Waals surface area contributed by atoms with Crippen molar-refractivity contribution in [2.45, 2.75) is 18.9 Å². The number of nitrogens with one attached hydrogen (secondary N) is 2. The molecule has 0 spiro atoms. The Morgan fingerprint density at radius 1 is 1.42 bits per heavy atom. The van der Waals surface area contributed by atoms with Crippen LogP contribution in [0.5, 0.6) is 0 Å². The van der Waals surface area contributed by atoms with Crippen molar-refractivity contribution < 1.29 is 4.79 Å². The Bertz CT molecular complexity index is 584. The van der Waals surface area contributed by atoms with Crippen LogP contribution in [0.4, 0.5) is 0 Å². The molecule has 1 amide bonds. The Morgan fingerprint density at radius 3 is 3.05 bits per heavy atom. The third-order valence-corrected chi connectivity index (χ3v) is 3.99. The van der Waals surface area contributed by atoms with Crippen LogP contribution in [0.15, 0.2) is 30.5 Å². The van der Waals surface area contributed by atoms with Gasteiger partial charge in [-0.1, -0.05) is 18.2 Å². The van der Waals surface area contributed by atoms with Crippen LogP contribution in [0, 0.1) is 0 Å². The lowest BCUT2D eigenvalue weighted by Crippen LogP contribution is -2.39. The Morgan fingerprint density at radius 2 is 2.26 bits per heavy atom. The lowest BCUT2D eigenvalue weighted by Gasteiger charge is -2.23. The van der Waals surface area contributed by atoms with E-state index in [4.69, 9.17) is 0 Å². The number of hydrogen-bond acceptors (Lipinski definition) is 2. The van der Waals surface area contributed by atoms with Gasteiger partial charge in [-0.2, -0.15) is 0 Å². The highest BCUT2D eigenvalue weighted by Crippen LogP contribution is 2.19. The summed E-state index contributed by atoms with van der Waals surface area (Å²) in [7, 11) is 1.91. The summed E-state index contributed by atoms with van der Waals surface area (Å²) in [5.41, 5.74) is 2.17. The van der Waals surface area contributed by atoms with E-state index in [1.165, 1.54) is 0 Å². The lowest BCUT2D eigenvalue weighted by molar-refractivity contribution is -0.130. The van der Waals surface area contributed by atoms with E-state index in [2.05, 4.69) is 16.4 Å². The fourth-order valence-electron chi connectivity index (χ4n) is 2.74. The molecule has 2 aromatic rings. The highest BCUT2D eigenvalue weighted by molar-refractivity contribution is 5.88. The Labute approximate surface area is 112 Å². The van der Waals surface area contributed by atoms with E-state index in [0.29, 0.717) is 12.5 Å². The van der Waals surface area contributed by atoms with E-state index < -0.39 is 0 Å². The molecule has 1 aliphatic heterocycles. The molecule has 2 heterocycles. The van der Waals surface area contributed by atoms with Crippen molar-refractivity contribution in [3.05, 3.63) is 36.0 Å². The summed E-state index contributed by atoms with van der Waals surface area (Å²) < 4.78 is 0. The number of fused-ring (bicyclic) bond motifs is 1. The number of carbonyl (C=O) groups excluding carboxylic acids is 1. The second-order valence-electron chi connectivity index (χ2n) is 5.19. The molecule has 0 radical (unpaired) electrons. The first kappa shape index (κ1) is 12.2. The SMILES string of the molecule is CN(C(=O)Cc1c[nH]c2ccccc12)C1CCNC1. The van der Waals surface area contributed by atoms with E-state index in [0.717, 1.165) is 36.0 Å². The van der Waals surface area contributed by atoms with Gasteiger partial charge in [0.25, 0.3) is 0 Å². The van der Waals surface area contributed by atoms with Crippen LogP contribution in [-0.2, 0) is 11.2 Å². The van der Waals surface area contributed by atoms with Crippen molar-refractivity contribution in [2.75, 3.05) is 20.1 Å². The number of para-hydroxylation sites is 1. The van der Waals surface area contributed by atoms with Crippen molar-refractivity contribution in [2.24, 2.45) is 0 Å². The molecular weight excluding hydrogens is 238 g/mol. The molecule has 4 nitrogen and oxygen atoms in total. The van der Waals surface area contributed by atoms with Crippen molar-refractivity contribution in [1.29, 1.82) is 0 Å². The minimum atomic E-state index is 0.193. The minimum Gasteiger partial charge on any atom is -0.361 e. The molecule has 0 bridgehead atoms. The zero-order valence-corrected chi connectivity index (χ0v) is 11.1. The molecule has 2 N–H and O–H groups in total. The van der Waals surface area contributed by atoms with E-state index >= 15 is 0 Å². The number of aromatic amines is 1. The molecular formula is C15H19N3O. The topological polar surface area (TPSA) is 48.1 Å². The molecule has 0 aliphatic carbocycles. The number of benzene rings is 1. The number of likely N-dealkylation sites (N-methyl/N-ethyl adjacent to an activating group) is 1. The van der Waals surface area contributed by atoms with Crippen LogP contribution in [0.3, 0.4) is 0 Å². The predicted octanol–water partition coefficient (Wildman–Crippen LogP) is 1.53. The number of amides is 1. The number of H-pyrrole nitrogens is 1. The maximum absolute atomic E-state index is 12.3. The second kappa shape index (κ2) is 5.05. The predicted molar refractivity (Wildman–Crippen MR) is 76.0 cm³/mol. The van der Waals surface area contributed by atoms with Gasteiger partial charge in [-0.15, -0.1) is 0 Å². The zero-order valence-electron chi connectivity index (χ0n) is 11.1. The zero-order chi connectivity index (χ0) is 13.2. The quantitative estimate of drug-likeness (QED) is 0.876. The normalized spacial score (nSPS) is 18.9. The van der Waals surface area contributed by atoms with Crippen LogP contribution >= 0.6 is 0 Å². The highest BCUT2D eigenvalue weighted by atomic mass is 16.2. The first-order chi connectivity index (χ1) is 9.25. The fraction of sp³-hybridized carbons (Fsp3) is 0.400. The summed E-state index contributed by atoms with van der Waals surface area (Å²) in [4.78, 5) is 17.4. The van der Waals surface area contributed by atoms with Crippen LogP contribution in [0.1, 0.15) is 12.0 Å². The molecule has 0 saturated carbocycles. The van der Waals surface area contributed by atoms with Crippen molar-refractivity contribution in [3.63, 3.8) is 0 Å². The number of carbonyl (C=O) groups is 1. The Hall–Kier alpha value is -1.81. The molecule has 1 saturated heterocycles. The standard InChI is InChI=1S/C15H19N3O/c1-18(12-6-7-16-10-12)15(19)8-11-9-17-14-5-3-2-4-13(11)14/h2-5,9,12,16-17H,6-8,10H2,1H3. The summed E-state index contributed by atoms with van der Waals surface area (Å²) in [5, 5.41) is 4.44. The molecule has 1 aromatic heterocycles. The summed E-state index contributed by atoms with van der Waals surface area (Å²) in [5.74, 6) is 0.193. The van der Waals surface area contributed by atoms with Gasteiger partial charge in [-0.25, -0.2) is 0 Å². The van der Waals surface area contributed by atoms with Gasteiger partial charge in [0.1, 0.15) is 0 Å². The largest absolute Gasteiger partial charge is 0.361 e. The van der Waals surface area contributed by atoms with E-state index in [9.17, 15) is 4.79 Å². The van der Waals surface area contributed by atoms with Crippen molar-refractivity contribution in [3.8, 4) is 0 Å². The summed E-state index contributed by atoms with van der Waals surface area (Å²) in [6.45, 7) is 1.92. The van der Waals surface area contributed by atoms with Gasteiger partial charge in [0, 0.05) is 36.7 Å². The molecule has 1 atom stereocenters. The van der Waals surface area contributed by atoms with Crippen LogP contribution in [-0.4, -0.2) is 42.0 Å². The van der Waals surface area contributed by atoms with Gasteiger partial charge in [0.2, 0.25) is 5.91 Å². The number of hydrogen-bond donors (Lipinski definition) is 2. The summed E-state index contributed by atoms with van der Waals surface area (Å²) in [6, 6.07) is 8.45. The number of nitrogens with zero attached hydrogens (tertiary/aromatic N) is 1. The molecule has 19 heavy (non-hydrogen) atoms. The lowest BCUT2D eigenvalue weighted by atomic mass is 10.1. The fourth-order valence-corrected chi connectivity index (χ4v) is 2.74. The van der Waals surface area contributed by atoms with E-state index in [1.807, 2.05) is 36.3 Å². The van der Waals surface area contributed by atoms with Gasteiger partial charge in [-0.3, -0.25) is 4.79 Å². The molecule has 1 aliphatic rings. The van der Waals surface area contributed by atoms with Gasteiger partial charge in [0.15, 0.2) is 0 Å². The van der Waals surface area contributed by atoms with Crippen LogP contribution in [0.2, 0.25) is 0 Å². The average molecular weight is 257 g/mol. The van der Waals surface area contributed by atoms with Gasteiger partial charge < -0.3 is 15.2 Å². The highest BCUT2D eigenvalue weighted by Gasteiger charge is 2.23. The van der Waals surface area contributed by atoms with Crippen LogP contribution < -0.4 is 5.32 Å². The Balaban J connectivity index is 1.75. The monoisotopic (exact) mass is 257 g/mol. The number of aromatic nitrogens is 1. The maximum atomic E-state index is 12.3. The first-order valence-corrected chi connectivity index (χ1v) is 6.77. The molecule has 100 valence electrons. The van der Waals surface area contributed by atoms with E-state index in [1.54, 1.807) is 0 Å². The first-order valence-electron chi connectivity index (χ1n) is 6.77. The average Bonchev–Trinajstić information content (AvgIpc) is 3.08.